The van der Waals surface area contributed by atoms with Crippen LogP contribution in [0, 0.1) is 5.41 Å². The summed E-state index contributed by atoms with van der Waals surface area (Å²) in [6, 6.07) is 10.2. The Morgan fingerprint density at radius 3 is 2.52 bits per heavy atom. The van der Waals surface area contributed by atoms with Gasteiger partial charge in [0.15, 0.2) is 0 Å². The molecule has 1 aromatic heterocycles. The molecule has 7 heteroatoms. The fraction of sp³-hybridized carbons (Fsp3) is 0.409. The Morgan fingerprint density at radius 1 is 1.17 bits per heavy atom. The minimum Gasteiger partial charge on any atom is -0.383 e. The predicted molar refractivity (Wildman–Crippen MR) is 122 cm³/mol. The normalized spacial score (nSPS) is 15.3. The molecule has 0 atom stereocenters. The van der Waals surface area contributed by atoms with Crippen molar-refractivity contribution in [1.82, 2.24) is 4.98 Å². The molecule has 0 saturated carbocycles. The van der Waals surface area contributed by atoms with E-state index < -0.39 is 0 Å². The van der Waals surface area contributed by atoms with E-state index >= 15 is 0 Å². The van der Waals surface area contributed by atoms with E-state index in [1.54, 1.807) is 0 Å². The van der Waals surface area contributed by atoms with Crippen molar-refractivity contribution in [3.8, 4) is 0 Å². The van der Waals surface area contributed by atoms with E-state index in [2.05, 4.69) is 65.0 Å². The van der Waals surface area contributed by atoms with Gasteiger partial charge in [0.2, 0.25) is 0 Å². The van der Waals surface area contributed by atoms with Crippen LogP contribution in [0.4, 0.5) is 17.2 Å². The molecule has 0 aliphatic carbocycles. The molecule has 3 rings (SSSR count). The SMILES string of the molecule is C=C(Nc1ccc(N2CCOCC2)cc1)Nc1[nH]ccc1C(N)=NCC(C)(C)C. The van der Waals surface area contributed by atoms with Crippen LogP contribution in [0.1, 0.15) is 26.3 Å². The quantitative estimate of drug-likeness (QED) is 0.424. The van der Waals surface area contributed by atoms with E-state index in [1.807, 2.05) is 24.4 Å². The summed E-state index contributed by atoms with van der Waals surface area (Å²) < 4.78 is 5.41. The Kier molecular flexibility index (Phi) is 6.49. The van der Waals surface area contributed by atoms with Gasteiger partial charge in [0, 0.05) is 37.2 Å². The summed E-state index contributed by atoms with van der Waals surface area (Å²) in [7, 11) is 0. The van der Waals surface area contributed by atoms with E-state index in [0.717, 1.165) is 43.4 Å². The van der Waals surface area contributed by atoms with E-state index in [4.69, 9.17) is 10.5 Å². The Morgan fingerprint density at radius 2 is 1.86 bits per heavy atom. The molecule has 0 amide bonds. The molecule has 156 valence electrons. The first kappa shape index (κ1) is 20.8. The van der Waals surface area contributed by atoms with Crippen molar-refractivity contribution in [2.75, 3.05) is 48.4 Å². The molecule has 0 bridgehead atoms. The molecule has 0 radical (unpaired) electrons. The van der Waals surface area contributed by atoms with Crippen molar-refractivity contribution >= 4 is 23.0 Å². The number of hydrogen-bond acceptors (Lipinski definition) is 5. The van der Waals surface area contributed by atoms with Crippen LogP contribution in [0.25, 0.3) is 0 Å². The van der Waals surface area contributed by atoms with E-state index in [-0.39, 0.29) is 5.41 Å². The number of nitrogens with two attached hydrogens (primary N) is 1. The van der Waals surface area contributed by atoms with Gasteiger partial charge in [-0.15, -0.1) is 0 Å². The lowest BCUT2D eigenvalue weighted by atomic mass is 9.97. The number of nitrogens with one attached hydrogen (secondary N) is 3. The number of aromatic amines is 1. The van der Waals surface area contributed by atoms with Gasteiger partial charge in [0.05, 0.1) is 18.8 Å². The highest BCUT2D eigenvalue weighted by Gasteiger charge is 2.13. The first-order valence-electron chi connectivity index (χ1n) is 9.95. The maximum Gasteiger partial charge on any atom is 0.129 e. The monoisotopic (exact) mass is 396 g/mol. The largest absolute Gasteiger partial charge is 0.383 e. The van der Waals surface area contributed by atoms with Crippen LogP contribution < -0.4 is 21.3 Å². The van der Waals surface area contributed by atoms with E-state index in [1.165, 1.54) is 5.69 Å². The molecular formula is C22H32N6O. The van der Waals surface area contributed by atoms with Gasteiger partial charge >= 0.3 is 0 Å². The molecule has 29 heavy (non-hydrogen) atoms. The van der Waals surface area contributed by atoms with Crippen LogP contribution in [0.3, 0.4) is 0 Å². The molecule has 1 aromatic carbocycles. The molecule has 1 aliphatic heterocycles. The smallest absolute Gasteiger partial charge is 0.129 e. The highest BCUT2D eigenvalue weighted by Crippen LogP contribution is 2.21. The maximum absolute atomic E-state index is 6.19. The first-order chi connectivity index (χ1) is 13.8. The van der Waals surface area contributed by atoms with Crippen LogP contribution in [0.5, 0.6) is 0 Å². The molecule has 2 aromatic rings. The Balaban J connectivity index is 1.59. The summed E-state index contributed by atoms with van der Waals surface area (Å²) in [5, 5.41) is 6.53. The van der Waals surface area contributed by atoms with Gasteiger partial charge in [0.25, 0.3) is 0 Å². The lowest BCUT2D eigenvalue weighted by molar-refractivity contribution is 0.122. The fourth-order valence-corrected chi connectivity index (χ4v) is 3.03. The van der Waals surface area contributed by atoms with Crippen LogP contribution in [-0.4, -0.2) is 43.7 Å². The number of anilines is 3. The molecular weight excluding hydrogens is 364 g/mol. The van der Waals surface area contributed by atoms with Gasteiger partial charge in [-0.1, -0.05) is 27.4 Å². The van der Waals surface area contributed by atoms with Gasteiger partial charge in [-0.05, 0) is 35.7 Å². The molecule has 0 spiro atoms. The van der Waals surface area contributed by atoms with Crippen molar-refractivity contribution in [3.05, 3.63) is 54.5 Å². The van der Waals surface area contributed by atoms with Gasteiger partial charge in [-0.3, -0.25) is 4.99 Å². The van der Waals surface area contributed by atoms with Crippen LogP contribution in [0.15, 0.2) is 53.9 Å². The number of ether oxygens (including phenoxy) is 1. The molecule has 2 heterocycles. The number of H-pyrrole nitrogens is 1. The zero-order valence-corrected chi connectivity index (χ0v) is 17.6. The lowest BCUT2D eigenvalue weighted by Gasteiger charge is -2.29. The highest BCUT2D eigenvalue weighted by atomic mass is 16.5. The van der Waals surface area contributed by atoms with E-state index in [0.29, 0.717) is 18.2 Å². The average Bonchev–Trinajstić information content (AvgIpc) is 3.15. The third-order valence-electron chi connectivity index (χ3n) is 4.56. The molecule has 7 nitrogen and oxygen atoms in total. The van der Waals surface area contributed by atoms with Crippen molar-refractivity contribution in [2.24, 2.45) is 16.1 Å². The third kappa shape index (κ3) is 6.02. The standard InChI is InChI=1S/C22H32N6O/c1-16(26-17-5-7-18(8-6-17)28-11-13-29-14-12-28)27-21-19(9-10-24-21)20(23)25-15-22(2,3)4/h5-10,24,26-27H,1,11-15H2,2-4H3,(H2,23,25). The fourth-order valence-electron chi connectivity index (χ4n) is 3.03. The third-order valence-corrected chi connectivity index (χ3v) is 4.56. The Hall–Kier alpha value is -2.93. The zero-order valence-electron chi connectivity index (χ0n) is 17.6. The highest BCUT2D eigenvalue weighted by molar-refractivity contribution is 6.02. The Bertz CT molecular complexity index is 841. The summed E-state index contributed by atoms with van der Waals surface area (Å²) in [6.07, 6.45) is 1.83. The molecule has 1 aliphatic rings. The van der Waals surface area contributed by atoms with Crippen molar-refractivity contribution in [3.63, 3.8) is 0 Å². The van der Waals surface area contributed by atoms with Crippen molar-refractivity contribution < 1.29 is 4.74 Å². The van der Waals surface area contributed by atoms with Crippen molar-refractivity contribution in [2.45, 2.75) is 20.8 Å². The Labute approximate surface area is 173 Å². The topological polar surface area (TPSA) is 90.7 Å². The zero-order chi connectivity index (χ0) is 20.9. The summed E-state index contributed by atoms with van der Waals surface area (Å²) in [4.78, 5) is 10.0. The number of aromatic nitrogens is 1. The minimum absolute atomic E-state index is 0.0903. The van der Waals surface area contributed by atoms with Gasteiger partial charge in [-0.2, -0.15) is 0 Å². The number of morpholine rings is 1. The molecule has 1 saturated heterocycles. The second-order valence-electron chi connectivity index (χ2n) is 8.40. The summed E-state index contributed by atoms with van der Waals surface area (Å²) in [6.45, 7) is 14.6. The second-order valence-corrected chi connectivity index (χ2v) is 8.40. The number of nitrogens with zero attached hydrogens (tertiary/aromatic N) is 2. The van der Waals surface area contributed by atoms with Crippen LogP contribution in [0.2, 0.25) is 0 Å². The summed E-state index contributed by atoms with van der Waals surface area (Å²) >= 11 is 0. The molecule has 1 fully saturated rings. The number of hydrogen-bond donors (Lipinski definition) is 4. The summed E-state index contributed by atoms with van der Waals surface area (Å²) in [5.41, 5.74) is 9.27. The predicted octanol–water partition coefficient (Wildman–Crippen LogP) is 3.60. The van der Waals surface area contributed by atoms with Crippen LogP contribution >= 0.6 is 0 Å². The van der Waals surface area contributed by atoms with Gasteiger partial charge in [-0.25, -0.2) is 0 Å². The number of benzene rings is 1. The van der Waals surface area contributed by atoms with Gasteiger partial charge in [0.1, 0.15) is 17.5 Å². The first-order valence-corrected chi connectivity index (χ1v) is 9.95. The second kappa shape index (κ2) is 9.05. The van der Waals surface area contributed by atoms with Crippen molar-refractivity contribution in [1.29, 1.82) is 0 Å². The maximum atomic E-state index is 6.19. The number of rotatable bonds is 7. The molecule has 0 unspecified atom stereocenters. The molecule has 5 N–H and O–H groups in total. The lowest BCUT2D eigenvalue weighted by Crippen LogP contribution is -2.36. The number of aliphatic imine (C=N–C) groups is 1. The number of amidine groups is 1. The van der Waals surface area contributed by atoms with E-state index in [9.17, 15) is 0 Å². The van der Waals surface area contributed by atoms with Crippen LogP contribution in [-0.2, 0) is 4.74 Å². The minimum atomic E-state index is 0.0903. The average molecular weight is 397 g/mol. The summed E-state index contributed by atoms with van der Waals surface area (Å²) in [5.74, 6) is 1.92. The van der Waals surface area contributed by atoms with Gasteiger partial charge < -0.3 is 31.0 Å².